The second kappa shape index (κ2) is 10.6. The quantitative estimate of drug-likeness (QED) is 0.670. The van der Waals surface area contributed by atoms with Crippen molar-refractivity contribution in [3.63, 3.8) is 0 Å². The number of nitrogens with one attached hydrogen (secondary N) is 3. The van der Waals surface area contributed by atoms with Crippen molar-refractivity contribution in [1.29, 1.82) is 0 Å². The van der Waals surface area contributed by atoms with Crippen LogP contribution in [0.1, 0.15) is 49.3 Å². The van der Waals surface area contributed by atoms with Gasteiger partial charge in [0.2, 0.25) is 5.91 Å². The van der Waals surface area contributed by atoms with Crippen LogP contribution in [0.25, 0.3) is 0 Å². The first-order chi connectivity index (χ1) is 14.2. The van der Waals surface area contributed by atoms with Crippen molar-refractivity contribution in [3.8, 4) is 5.75 Å². The molecule has 3 N–H and O–H groups in total. The Hall–Kier alpha value is -2.86. The minimum atomic E-state index is -0.413. The minimum absolute atomic E-state index is 0.0314. The topological polar surface area (TPSA) is 79.5 Å². The molecule has 1 aliphatic carbocycles. The van der Waals surface area contributed by atoms with Gasteiger partial charge in [0.25, 0.3) is 0 Å². The molecule has 0 spiro atoms. The van der Waals surface area contributed by atoms with Gasteiger partial charge >= 0.3 is 6.03 Å². The Morgan fingerprint density at radius 2 is 1.62 bits per heavy atom. The molecule has 29 heavy (non-hydrogen) atoms. The van der Waals surface area contributed by atoms with Gasteiger partial charge in [-0.25, -0.2) is 4.79 Å². The summed E-state index contributed by atoms with van der Waals surface area (Å²) in [6, 6.07) is 17.2. The van der Waals surface area contributed by atoms with Gasteiger partial charge in [-0.15, -0.1) is 0 Å². The van der Waals surface area contributed by atoms with E-state index < -0.39 is 6.03 Å². The number of benzene rings is 2. The fourth-order valence-electron chi connectivity index (χ4n) is 3.70. The SMILES string of the molecule is COc1ccc([C@H](NCC(=O)NC(=O)NC2CCCCC2)c2ccccc2)cc1. The lowest BCUT2D eigenvalue weighted by molar-refractivity contribution is -0.119. The monoisotopic (exact) mass is 395 g/mol. The van der Waals surface area contributed by atoms with Crippen molar-refractivity contribution in [2.45, 2.75) is 44.2 Å². The fourth-order valence-corrected chi connectivity index (χ4v) is 3.70. The highest BCUT2D eigenvalue weighted by Crippen LogP contribution is 2.24. The molecule has 0 aliphatic heterocycles. The number of urea groups is 1. The van der Waals surface area contributed by atoms with Gasteiger partial charge in [0.15, 0.2) is 0 Å². The van der Waals surface area contributed by atoms with Crippen molar-refractivity contribution in [3.05, 3.63) is 65.7 Å². The van der Waals surface area contributed by atoms with E-state index in [0.717, 1.165) is 42.6 Å². The van der Waals surface area contributed by atoms with Crippen LogP contribution in [-0.2, 0) is 4.79 Å². The van der Waals surface area contributed by atoms with E-state index in [0.29, 0.717) is 0 Å². The Morgan fingerprint density at radius 1 is 0.966 bits per heavy atom. The summed E-state index contributed by atoms with van der Waals surface area (Å²) in [4.78, 5) is 24.4. The Balaban J connectivity index is 1.58. The summed E-state index contributed by atoms with van der Waals surface area (Å²) in [5.74, 6) is 0.422. The average Bonchev–Trinajstić information content (AvgIpc) is 2.75. The molecular weight excluding hydrogens is 366 g/mol. The first kappa shape index (κ1) is 20.9. The average molecular weight is 396 g/mol. The van der Waals surface area contributed by atoms with Crippen molar-refractivity contribution in [1.82, 2.24) is 16.0 Å². The van der Waals surface area contributed by atoms with E-state index in [1.54, 1.807) is 7.11 Å². The van der Waals surface area contributed by atoms with Crippen molar-refractivity contribution < 1.29 is 14.3 Å². The summed E-state index contributed by atoms with van der Waals surface area (Å²) < 4.78 is 5.23. The van der Waals surface area contributed by atoms with Gasteiger partial charge in [0, 0.05) is 6.04 Å². The maximum atomic E-state index is 12.3. The molecule has 0 saturated heterocycles. The molecule has 0 bridgehead atoms. The maximum Gasteiger partial charge on any atom is 0.321 e. The predicted molar refractivity (Wildman–Crippen MR) is 113 cm³/mol. The number of carbonyl (C=O) groups excluding carboxylic acids is 2. The summed E-state index contributed by atoms with van der Waals surface area (Å²) in [6.45, 7) is 0.0314. The van der Waals surface area contributed by atoms with Crippen LogP contribution in [-0.4, -0.2) is 31.6 Å². The van der Waals surface area contributed by atoms with Gasteiger partial charge in [0.1, 0.15) is 5.75 Å². The summed E-state index contributed by atoms with van der Waals surface area (Å²) in [6.07, 6.45) is 5.43. The third-order valence-electron chi connectivity index (χ3n) is 5.24. The van der Waals surface area contributed by atoms with Crippen molar-refractivity contribution in [2.75, 3.05) is 13.7 Å². The summed E-state index contributed by atoms with van der Waals surface area (Å²) in [7, 11) is 1.63. The van der Waals surface area contributed by atoms with E-state index in [9.17, 15) is 9.59 Å². The van der Waals surface area contributed by atoms with Gasteiger partial charge < -0.3 is 10.1 Å². The molecule has 154 valence electrons. The van der Waals surface area contributed by atoms with E-state index >= 15 is 0 Å². The Labute approximate surface area is 172 Å². The molecule has 1 atom stereocenters. The molecule has 2 aromatic carbocycles. The number of carbonyl (C=O) groups is 2. The fraction of sp³-hybridized carbons (Fsp3) is 0.391. The van der Waals surface area contributed by atoms with Crippen LogP contribution < -0.4 is 20.7 Å². The largest absolute Gasteiger partial charge is 0.497 e. The smallest absolute Gasteiger partial charge is 0.321 e. The Kier molecular flexibility index (Phi) is 7.64. The first-order valence-corrected chi connectivity index (χ1v) is 10.2. The van der Waals surface area contributed by atoms with Gasteiger partial charge in [0.05, 0.1) is 19.7 Å². The molecule has 6 nitrogen and oxygen atoms in total. The molecule has 3 amide bonds. The van der Waals surface area contributed by atoms with Crippen LogP contribution in [0.5, 0.6) is 5.75 Å². The van der Waals surface area contributed by atoms with Crippen molar-refractivity contribution >= 4 is 11.9 Å². The maximum absolute atomic E-state index is 12.3. The normalized spacial score (nSPS) is 15.3. The van der Waals surface area contributed by atoms with Gasteiger partial charge in [-0.1, -0.05) is 61.7 Å². The van der Waals surface area contributed by atoms with E-state index in [1.807, 2.05) is 54.6 Å². The van der Waals surface area contributed by atoms with Crippen LogP contribution in [0, 0.1) is 0 Å². The Bertz CT molecular complexity index is 787. The molecule has 2 aromatic rings. The number of methoxy groups -OCH3 is 1. The van der Waals surface area contributed by atoms with Gasteiger partial charge in [-0.2, -0.15) is 0 Å². The van der Waals surface area contributed by atoms with Crippen LogP contribution in [0.15, 0.2) is 54.6 Å². The molecular formula is C23H29N3O3. The number of amides is 3. The third-order valence-corrected chi connectivity index (χ3v) is 5.24. The molecule has 0 radical (unpaired) electrons. The number of hydrogen-bond acceptors (Lipinski definition) is 4. The van der Waals surface area contributed by atoms with Crippen LogP contribution in [0.4, 0.5) is 4.79 Å². The van der Waals surface area contributed by atoms with Crippen molar-refractivity contribution in [2.24, 2.45) is 0 Å². The van der Waals surface area contributed by atoms with Crippen LogP contribution >= 0.6 is 0 Å². The zero-order valence-corrected chi connectivity index (χ0v) is 16.8. The van der Waals surface area contributed by atoms with Gasteiger partial charge in [-0.05, 0) is 36.1 Å². The zero-order chi connectivity index (χ0) is 20.5. The molecule has 1 aliphatic rings. The van der Waals surface area contributed by atoms with E-state index in [-0.39, 0.29) is 24.5 Å². The van der Waals surface area contributed by atoms with Crippen LogP contribution in [0.3, 0.4) is 0 Å². The lowest BCUT2D eigenvalue weighted by atomic mass is 9.96. The second-order valence-electron chi connectivity index (χ2n) is 7.35. The molecule has 0 unspecified atom stereocenters. The molecule has 3 rings (SSSR count). The first-order valence-electron chi connectivity index (χ1n) is 10.2. The zero-order valence-electron chi connectivity index (χ0n) is 16.8. The Morgan fingerprint density at radius 3 is 2.28 bits per heavy atom. The number of imide groups is 1. The number of rotatable bonds is 7. The van der Waals surface area contributed by atoms with E-state index in [2.05, 4.69) is 16.0 Å². The number of ether oxygens (including phenoxy) is 1. The summed E-state index contributed by atoms with van der Waals surface area (Å²) in [5.41, 5.74) is 2.05. The predicted octanol–water partition coefficient (Wildman–Crippen LogP) is 3.53. The van der Waals surface area contributed by atoms with Gasteiger partial charge in [-0.3, -0.25) is 15.4 Å². The summed E-state index contributed by atoms with van der Waals surface area (Å²) >= 11 is 0. The lowest BCUT2D eigenvalue weighted by Gasteiger charge is -2.23. The van der Waals surface area contributed by atoms with E-state index in [4.69, 9.17) is 4.74 Å². The van der Waals surface area contributed by atoms with Crippen LogP contribution in [0.2, 0.25) is 0 Å². The minimum Gasteiger partial charge on any atom is -0.497 e. The highest BCUT2D eigenvalue weighted by Gasteiger charge is 2.19. The molecule has 1 saturated carbocycles. The highest BCUT2D eigenvalue weighted by molar-refractivity contribution is 5.95. The highest BCUT2D eigenvalue weighted by atomic mass is 16.5. The molecule has 0 aromatic heterocycles. The second-order valence-corrected chi connectivity index (χ2v) is 7.35. The lowest BCUT2D eigenvalue weighted by Crippen LogP contribution is -2.47. The summed E-state index contributed by atoms with van der Waals surface area (Å²) in [5, 5.41) is 8.60. The standard InChI is InChI=1S/C23H29N3O3/c1-29-20-14-12-18(13-15-20)22(17-8-4-2-5-9-17)24-16-21(27)26-23(28)25-19-10-6-3-7-11-19/h2,4-5,8-9,12-15,19,22,24H,3,6-7,10-11,16H2,1H3,(H2,25,26,27,28)/t22-/m1/s1. The molecule has 6 heteroatoms. The molecule has 1 fully saturated rings. The van der Waals surface area contributed by atoms with E-state index in [1.165, 1.54) is 6.42 Å². The molecule has 0 heterocycles. The third kappa shape index (κ3) is 6.32. The number of hydrogen-bond donors (Lipinski definition) is 3.